The fraction of sp³-hybridized carbons (Fsp3) is 0.400. The first kappa shape index (κ1) is 11.1. The minimum absolute atomic E-state index is 0.160. The third-order valence-corrected chi connectivity index (χ3v) is 3.41. The van der Waals surface area contributed by atoms with Crippen LogP contribution in [-0.4, -0.2) is 41.5 Å². The van der Waals surface area contributed by atoms with Crippen molar-refractivity contribution in [2.24, 2.45) is 0 Å². The molecule has 0 saturated carbocycles. The number of nitrogens with one attached hydrogen (secondary N) is 1. The van der Waals surface area contributed by atoms with Gasteiger partial charge in [0.2, 0.25) is 5.91 Å². The van der Waals surface area contributed by atoms with Gasteiger partial charge in [-0.25, -0.2) is 4.79 Å². The molecule has 6 heteroatoms. The predicted molar refractivity (Wildman–Crippen MR) is 59.3 cm³/mol. The van der Waals surface area contributed by atoms with Crippen molar-refractivity contribution < 1.29 is 14.7 Å². The zero-order chi connectivity index (χ0) is 11.5. The highest BCUT2D eigenvalue weighted by Crippen LogP contribution is 2.25. The standard InChI is InChI=1S/C10H12N2O3S/c13-8-6-11-3-4-12(8)9(10(14)15)7-2-1-5-16-7/h1-2,5,9,11H,3-4,6H2,(H,14,15). The summed E-state index contributed by atoms with van der Waals surface area (Å²) in [6.07, 6.45) is 0. The Kier molecular flexibility index (Phi) is 3.21. The maximum absolute atomic E-state index is 11.6. The molecule has 1 aliphatic heterocycles. The van der Waals surface area contributed by atoms with E-state index >= 15 is 0 Å². The lowest BCUT2D eigenvalue weighted by molar-refractivity contribution is -0.151. The SMILES string of the molecule is O=C(O)C(c1cccs1)N1CCNCC1=O. The fourth-order valence-electron chi connectivity index (χ4n) is 1.75. The molecule has 1 amide bonds. The van der Waals surface area contributed by atoms with Crippen molar-refractivity contribution >= 4 is 23.2 Å². The molecular formula is C10H12N2O3S. The zero-order valence-electron chi connectivity index (χ0n) is 8.55. The normalized spacial score (nSPS) is 18.5. The summed E-state index contributed by atoms with van der Waals surface area (Å²) in [4.78, 5) is 25.0. The first-order valence-electron chi connectivity index (χ1n) is 4.96. The second-order valence-corrected chi connectivity index (χ2v) is 4.50. The summed E-state index contributed by atoms with van der Waals surface area (Å²) in [6, 6.07) is 2.70. The van der Waals surface area contributed by atoms with Crippen LogP contribution in [0.4, 0.5) is 0 Å². The highest BCUT2D eigenvalue weighted by atomic mass is 32.1. The molecule has 0 aliphatic carbocycles. The Labute approximate surface area is 96.7 Å². The molecule has 2 N–H and O–H groups in total. The van der Waals surface area contributed by atoms with Gasteiger partial charge in [-0.15, -0.1) is 11.3 Å². The molecule has 1 atom stereocenters. The molecule has 0 radical (unpaired) electrons. The largest absolute Gasteiger partial charge is 0.479 e. The molecular weight excluding hydrogens is 228 g/mol. The minimum atomic E-state index is -0.974. The summed E-state index contributed by atoms with van der Waals surface area (Å²) in [5.41, 5.74) is 0. The van der Waals surface area contributed by atoms with Crippen LogP contribution in [0, 0.1) is 0 Å². The van der Waals surface area contributed by atoms with Gasteiger partial charge in [-0.05, 0) is 11.4 Å². The van der Waals surface area contributed by atoms with Crippen LogP contribution in [0.25, 0.3) is 0 Å². The van der Waals surface area contributed by atoms with Crippen molar-refractivity contribution in [1.82, 2.24) is 10.2 Å². The average Bonchev–Trinajstić information content (AvgIpc) is 2.74. The highest BCUT2D eigenvalue weighted by Gasteiger charge is 2.32. The van der Waals surface area contributed by atoms with Gasteiger partial charge in [0.1, 0.15) is 0 Å². The molecule has 86 valence electrons. The Balaban J connectivity index is 2.25. The van der Waals surface area contributed by atoms with Crippen LogP contribution >= 0.6 is 11.3 Å². The van der Waals surface area contributed by atoms with E-state index in [1.807, 2.05) is 5.38 Å². The molecule has 0 aromatic carbocycles. The molecule has 5 nitrogen and oxygen atoms in total. The topological polar surface area (TPSA) is 69.6 Å². The van der Waals surface area contributed by atoms with Gasteiger partial charge in [0.15, 0.2) is 6.04 Å². The van der Waals surface area contributed by atoms with Crippen molar-refractivity contribution in [2.45, 2.75) is 6.04 Å². The predicted octanol–water partition coefficient (Wildman–Crippen LogP) is 0.306. The number of aliphatic carboxylic acids is 1. The molecule has 2 rings (SSSR count). The van der Waals surface area contributed by atoms with E-state index in [0.717, 1.165) is 0 Å². The van der Waals surface area contributed by atoms with Gasteiger partial charge in [0, 0.05) is 18.0 Å². The van der Waals surface area contributed by atoms with Gasteiger partial charge in [0.05, 0.1) is 6.54 Å². The first-order valence-corrected chi connectivity index (χ1v) is 5.84. The summed E-state index contributed by atoms with van der Waals surface area (Å²) in [6.45, 7) is 1.30. The van der Waals surface area contributed by atoms with Crippen LogP contribution in [0.15, 0.2) is 17.5 Å². The van der Waals surface area contributed by atoms with E-state index in [2.05, 4.69) is 5.32 Å². The van der Waals surface area contributed by atoms with Gasteiger partial charge < -0.3 is 15.3 Å². The monoisotopic (exact) mass is 240 g/mol. The van der Waals surface area contributed by atoms with Crippen LogP contribution in [0.5, 0.6) is 0 Å². The lowest BCUT2D eigenvalue weighted by Gasteiger charge is -2.31. The average molecular weight is 240 g/mol. The van der Waals surface area contributed by atoms with Crippen LogP contribution < -0.4 is 5.32 Å². The number of amides is 1. The second kappa shape index (κ2) is 4.63. The maximum atomic E-state index is 11.6. The summed E-state index contributed by atoms with van der Waals surface area (Å²) in [7, 11) is 0. The minimum Gasteiger partial charge on any atom is -0.479 e. The molecule has 1 aliphatic rings. The molecule has 1 aromatic heterocycles. The van der Waals surface area contributed by atoms with E-state index in [1.54, 1.807) is 12.1 Å². The maximum Gasteiger partial charge on any atom is 0.331 e. The van der Waals surface area contributed by atoms with Crippen molar-refractivity contribution in [2.75, 3.05) is 19.6 Å². The van der Waals surface area contributed by atoms with Crippen molar-refractivity contribution in [3.63, 3.8) is 0 Å². The van der Waals surface area contributed by atoms with Gasteiger partial charge in [-0.2, -0.15) is 0 Å². The number of carboxylic acid groups (broad SMARTS) is 1. The van der Waals surface area contributed by atoms with Crippen molar-refractivity contribution in [1.29, 1.82) is 0 Å². The number of piperazine rings is 1. The molecule has 0 spiro atoms. The number of hydrogen-bond donors (Lipinski definition) is 2. The second-order valence-electron chi connectivity index (χ2n) is 3.52. The number of carbonyl (C=O) groups excluding carboxylic acids is 1. The Hall–Kier alpha value is -1.40. The van der Waals surface area contributed by atoms with E-state index in [-0.39, 0.29) is 12.5 Å². The van der Waals surface area contributed by atoms with Crippen molar-refractivity contribution in [3.05, 3.63) is 22.4 Å². The molecule has 1 aromatic rings. The lowest BCUT2D eigenvalue weighted by atomic mass is 10.2. The van der Waals surface area contributed by atoms with E-state index in [0.29, 0.717) is 18.0 Å². The Morgan fingerprint density at radius 3 is 3.00 bits per heavy atom. The number of thiophene rings is 1. The van der Waals surface area contributed by atoms with Gasteiger partial charge in [-0.3, -0.25) is 4.79 Å². The van der Waals surface area contributed by atoms with Crippen LogP contribution in [0.2, 0.25) is 0 Å². The summed E-state index contributed by atoms with van der Waals surface area (Å²) in [5, 5.41) is 13.9. The highest BCUT2D eigenvalue weighted by molar-refractivity contribution is 7.10. The molecule has 2 heterocycles. The molecule has 1 fully saturated rings. The van der Waals surface area contributed by atoms with Gasteiger partial charge in [-0.1, -0.05) is 6.07 Å². The molecule has 0 bridgehead atoms. The quantitative estimate of drug-likeness (QED) is 0.797. The Morgan fingerprint density at radius 1 is 1.62 bits per heavy atom. The van der Waals surface area contributed by atoms with E-state index in [4.69, 9.17) is 0 Å². The fourth-order valence-corrected chi connectivity index (χ4v) is 2.58. The molecule has 1 saturated heterocycles. The number of carbonyl (C=O) groups is 2. The van der Waals surface area contributed by atoms with E-state index in [9.17, 15) is 14.7 Å². The lowest BCUT2D eigenvalue weighted by Crippen LogP contribution is -2.51. The third kappa shape index (κ3) is 2.07. The van der Waals surface area contributed by atoms with Crippen molar-refractivity contribution in [3.8, 4) is 0 Å². The summed E-state index contributed by atoms with van der Waals surface area (Å²) in [5.74, 6) is -1.13. The Morgan fingerprint density at radius 2 is 2.44 bits per heavy atom. The van der Waals surface area contributed by atoms with Crippen LogP contribution in [0.3, 0.4) is 0 Å². The van der Waals surface area contributed by atoms with Gasteiger partial charge in [0.25, 0.3) is 0 Å². The zero-order valence-corrected chi connectivity index (χ0v) is 9.37. The number of rotatable bonds is 3. The number of nitrogens with zero attached hydrogens (tertiary/aromatic N) is 1. The first-order chi connectivity index (χ1) is 7.70. The van der Waals surface area contributed by atoms with E-state index < -0.39 is 12.0 Å². The van der Waals surface area contributed by atoms with Crippen LogP contribution in [-0.2, 0) is 9.59 Å². The summed E-state index contributed by atoms with van der Waals surface area (Å²) < 4.78 is 0. The smallest absolute Gasteiger partial charge is 0.331 e. The molecule has 1 unspecified atom stereocenters. The summed E-state index contributed by atoms with van der Waals surface area (Å²) >= 11 is 1.36. The van der Waals surface area contributed by atoms with Crippen LogP contribution in [0.1, 0.15) is 10.9 Å². The third-order valence-electron chi connectivity index (χ3n) is 2.48. The molecule has 16 heavy (non-hydrogen) atoms. The van der Waals surface area contributed by atoms with E-state index in [1.165, 1.54) is 16.2 Å². The Bertz CT molecular complexity index is 391. The van der Waals surface area contributed by atoms with Gasteiger partial charge >= 0.3 is 5.97 Å². The number of hydrogen-bond acceptors (Lipinski definition) is 4. The number of carboxylic acids is 1.